The van der Waals surface area contributed by atoms with E-state index in [-0.39, 0.29) is 23.5 Å². The van der Waals surface area contributed by atoms with Gasteiger partial charge in [0.1, 0.15) is 5.69 Å². The first kappa shape index (κ1) is 14.4. The highest BCUT2D eigenvalue weighted by Gasteiger charge is 2.13. The smallest absolute Gasteiger partial charge is 0.270 e. The summed E-state index contributed by atoms with van der Waals surface area (Å²) in [6, 6.07) is 1.61. The maximum absolute atomic E-state index is 12.0. The summed E-state index contributed by atoms with van der Waals surface area (Å²) >= 11 is 1.60. The lowest BCUT2D eigenvalue weighted by Crippen LogP contribution is -2.28. The molecule has 0 aliphatic heterocycles. The van der Waals surface area contributed by atoms with Crippen LogP contribution in [0.1, 0.15) is 39.7 Å². The Kier molecular flexibility index (Phi) is 4.29. The number of nitrogens with one attached hydrogen (secondary N) is 1. The lowest BCUT2D eigenvalue weighted by molar-refractivity contribution is 0.0946. The van der Waals surface area contributed by atoms with Crippen molar-refractivity contribution in [3.05, 3.63) is 33.5 Å². The van der Waals surface area contributed by atoms with Crippen molar-refractivity contribution in [2.45, 2.75) is 26.7 Å². The predicted octanol–water partition coefficient (Wildman–Crippen LogP) is 1.67. The van der Waals surface area contributed by atoms with Crippen LogP contribution in [0.4, 0.5) is 5.95 Å². The molecular formula is C13H17N5OS. The van der Waals surface area contributed by atoms with Gasteiger partial charge in [0.2, 0.25) is 5.95 Å². The number of hydrogen-bond acceptors (Lipinski definition) is 6. The second-order valence-corrected chi connectivity index (χ2v) is 5.58. The minimum Gasteiger partial charge on any atom is -0.368 e. The average molecular weight is 291 g/mol. The van der Waals surface area contributed by atoms with Gasteiger partial charge in [-0.05, 0) is 19.9 Å². The van der Waals surface area contributed by atoms with Gasteiger partial charge in [0.25, 0.3) is 5.91 Å². The van der Waals surface area contributed by atoms with E-state index in [0.29, 0.717) is 12.2 Å². The first-order valence-corrected chi connectivity index (χ1v) is 7.15. The maximum Gasteiger partial charge on any atom is 0.270 e. The molecule has 0 aliphatic rings. The Morgan fingerprint density at radius 1 is 1.35 bits per heavy atom. The fourth-order valence-corrected chi connectivity index (χ4v) is 2.59. The van der Waals surface area contributed by atoms with E-state index in [0.717, 1.165) is 10.7 Å². The number of nitrogens with zero attached hydrogens (tertiary/aromatic N) is 3. The number of nitrogens with two attached hydrogens (primary N) is 1. The van der Waals surface area contributed by atoms with Crippen molar-refractivity contribution in [2.24, 2.45) is 0 Å². The van der Waals surface area contributed by atoms with E-state index >= 15 is 0 Å². The van der Waals surface area contributed by atoms with Crippen LogP contribution in [-0.4, -0.2) is 27.4 Å². The highest BCUT2D eigenvalue weighted by molar-refractivity contribution is 7.09. The van der Waals surface area contributed by atoms with Gasteiger partial charge in [0.05, 0.1) is 5.01 Å². The van der Waals surface area contributed by atoms with Gasteiger partial charge in [-0.3, -0.25) is 4.79 Å². The molecule has 0 spiro atoms. The molecule has 0 saturated heterocycles. The van der Waals surface area contributed by atoms with Crippen molar-refractivity contribution in [1.29, 1.82) is 0 Å². The molecule has 0 fully saturated rings. The molecule has 2 heterocycles. The molecule has 2 rings (SSSR count). The van der Waals surface area contributed by atoms with Gasteiger partial charge in [-0.25, -0.2) is 15.0 Å². The number of hydrogen-bond donors (Lipinski definition) is 2. The van der Waals surface area contributed by atoms with Gasteiger partial charge >= 0.3 is 0 Å². The zero-order valence-corrected chi connectivity index (χ0v) is 12.5. The lowest BCUT2D eigenvalue weighted by atomic mass is 10.2. The van der Waals surface area contributed by atoms with Crippen LogP contribution in [0.2, 0.25) is 0 Å². The fourth-order valence-electron chi connectivity index (χ4n) is 1.73. The minimum absolute atomic E-state index is 0.110. The number of carbonyl (C=O) groups is 1. The van der Waals surface area contributed by atoms with Crippen molar-refractivity contribution in [3.8, 4) is 0 Å². The Hall–Kier alpha value is -2.02. The SMILES string of the molecule is Cc1cc(C(=O)NC[C@@H](C)c2nc(C)cs2)nc(N)n1. The first-order chi connectivity index (χ1) is 9.45. The molecule has 6 nitrogen and oxygen atoms in total. The number of anilines is 1. The van der Waals surface area contributed by atoms with E-state index in [9.17, 15) is 4.79 Å². The van der Waals surface area contributed by atoms with E-state index in [1.54, 1.807) is 24.3 Å². The number of aryl methyl sites for hydroxylation is 2. The molecule has 2 aromatic rings. The van der Waals surface area contributed by atoms with Crippen molar-refractivity contribution in [3.63, 3.8) is 0 Å². The number of nitrogen functional groups attached to an aromatic ring is 1. The lowest BCUT2D eigenvalue weighted by Gasteiger charge is -2.10. The number of thiazole rings is 1. The van der Waals surface area contributed by atoms with E-state index < -0.39 is 0 Å². The molecule has 2 aromatic heterocycles. The monoisotopic (exact) mass is 291 g/mol. The summed E-state index contributed by atoms with van der Waals surface area (Å²) in [6.45, 7) is 6.26. The second-order valence-electron chi connectivity index (χ2n) is 4.69. The number of carbonyl (C=O) groups excluding carboxylic acids is 1. The van der Waals surface area contributed by atoms with Gasteiger partial charge in [-0.1, -0.05) is 6.92 Å². The fraction of sp³-hybridized carbons (Fsp3) is 0.385. The molecule has 0 unspecified atom stereocenters. The maximum atomic E-state index is 12.0. The number of aromatic nitrogens is 3. The second kappa shape index (κ2) is 5.96. The van der Waals surface area contributed by atoms with E-state index in [1.165, 1.54) is 0 Å². The summed E-state index contributed by atoms with van der Waals surface area (Å²) in [5, 5.41) is 5.86. The highest BCUT2D eigenvalue weighted by Crippen LogP contribution is 2.18. The third-order valence-electron chi connectivity index (χ3n) is 2.73. The van der Waals surface area contributed by atoms with Crippen LogP contribution < -0.4 is 11.1 Å². The first-order valence-electron chi connectivity index (χ1n) is 6.27. The molecule has 106 valence electrons. The van der Waals surface area contributed by atoms with Crippen molar-refractivity contribution >= 4 is 23.2 Å². The normalized spacial score (nSPS) is 12.2. The quantitative estimate of drug-likeness (QED) is 0.893. The molecule has 0 aliphatic carbocycles. The molecule has 1 amide bonds. The summed E-state index contributed by atoms with van der Waals surface area (Å²) in [5.41, 5.74) is 7.50. The van der Waals surface area contributed by atoms with Crippen LogP contribution >= 0.6 is 11.3 Å². The van der Waals surface area contributed by atoms with Gasteiger partial charge < -0.3 is 11.1 Å². The number of rotatable bonds is 4. The third kappa shape index (κ3) is 3.51. The van der Waals surface area contributed by atoms with Crippen LogP contribution in [0.5, 0.6) is 0 Å². The van der Waals surface area contributed by atoms with E-state index in [1.807, 2.05) is 19.2 Å². The largest absolute Gasteiger partial charge is 0.368 e. The highest BCUT2D eigenvalue weighted by atomic mass is 32.1. The molecule has 0 aromatic carbocycles. The van der Waals surface area contributed by atoms with Crippen LogP contribution in [0.15, 0.2) is 11.4 Å². The molecule has 0 radical (unpaired) electrons. The summed E-state index contributed by atoms with van der Waals surface area (Å²) in [6.07, 6.45) is 0. The minimum atomic E-state index is -0.248. The summed E-state index contributed by atoms with van der Waals surface area (Å²) in [7, 11) is 0. The standard InChI is InChI=1S/C13H17N5OS/c1-7(12-16-9(3)6-20-12)5-15-11(19)10-4-8(2)17-13(14)18-10/h4,6-7H,5H2,1-3H3,(H,15,19)(H2,14,17,18)/t7-/m1/s1. The average Bonchev–Trinajstić information content (AvgIpc) is 2.81. The topological polar surface area (TPSA) is 93.8 Å². The Balaban J connectivity index is 1.98. The van der Waals surface area contributed by atoms with Gasteiger partial charge in [-0.15, -0.1) is 11.3 Å². The zero-order chi connectivity index (χ0) is 14.7. The Bertz CT molecular complexity index is 605. The van der Waals surface area contributed by atoms with Crippen LogP contribution in [0.3, 0.4) is 0 Å². The molecule has 1 atom stereocenters. The third-order valence-corrected chi connectivity index (χ3v) is 3.93. The van der Waals surface area contributed by atoms with Crippen molar-refractivity contribution in [1.82, 2.24) is 20.3 Å². The summed E-state index contributed by atoms with van der Waals surface area (Å²) in [5.74, 6) is 0.0269. The van der Waals surface area contributed by atoms with Crippen LogP contribution in [-0.2, 0) is 0 Å². The summed E-state index contributed by atoms with van der Waals surface area (Å²) in [4.78, 5) is 24.3. The van der Waals surface area contributed by atoms with Crippen LogP contribution in [0.25, 0.3) is 0 Å². The molecule has 0 saturated carbocycles. The van der Waals surface area contributed by atoms with Gasteiger partial charge in [-0.2, -0.15) is 0 Å². The van der Waals surface area contributed by atoms with Crippen molar-refractivity contribution < 1.29 is 4.79 Å². The van der Waals surface area contributed by atoms with Crippen LogP contribution in [0, 0.1) is 13.8 Å². The Morgan fingerprint density at radius 3 is 2.70 bits per heavy atom. The van der Waals surface area contributed by atoms with Crippen molar-refractivity contribution in [2.75, 3.05) is 12.3 Å². The molecular weight excluding hydrogens is 274 g/mol. The zero-order valence-electron chi connectivity index (χ0n) is 11.7. The van der Waals surface area contributed by atoms with Gasteiger partial charge in [0, 0.05) is 29.2 Å². The predicted molar refractivity (Wildman–Crippen MR) is 78.8 cm³/mol. The Morgan fingerprint density at radius 2 is 2.10 bits per heavy atom. The number of amides is 1. The van der Waals surface area contributed by atoms with E-state index in [4.69, 9.17) is 5.73 Å². The molecule has 7 heteroatoms. The molecule has 3 N–H and O–H groups in total. The van der Waals surface area contributed by atoms with Gasteiger partial charge in [0.15, 0.2) is 0 Å². The summed E-state index contributed by atoms with van der Waals surface area (Å²) < 4.78 is 0. The Labute approximate surface area is 121 Å². The molecule has 0 bridgehead atoms. The van der Waals surface area contributed by atoms with E-state index in [2.05, 4.69) is 20.3 Å². The molecule has 20 heavy (non-hydrogen) atoms.